The molecular formula is C11H15NO2S. The fraction of sp³-hybridized carbons (Fsp3) is 0.455. The number of hydrogen-bond acceptors (Lipinski definition) is 4. The largest absolute Gasteiger partial charge is 0.454 e. The molecule has 1 aliphatic rings. The van der Waals surface area contributed by atoms with Crippen molar-refractivity contribution in [1.82, 2.24) is 0 Å². The zero-order chi connectivity index (χ0) is 10.7. The van der Waals surface area contributed by atoms with E-state index in [1.807, 2.05) is 23.9 Å². The summed E-state index contributed by atoms with van der Waals surface area (Å²) in [6, 6.07) is 6.08. The summed E-state index contributed by atoms with van der Waals surface area (Å²) in [7, 11) is 0. The highest BCUT2D eigenvalue weighted by molar-refractivity contribution is 7.99. The Morgan fingerprint density at radius 2 is 2.20 bits per heavy atom. The summed E-state index contributed by atoms with van der Waals surface area (Å²) < 4.78 is 10.6. The van der Waals surface area contributed by atoms with Crippen LogP contribution in [0.15, 0.2) is 18.2 Å². The first kappa shape index (κ1) is 10.6. The third kappa shape index (κ3) is 2.58. The maximum Gasteiger partial charge on any atom is 0.231 e. The molecule has 2 rings (SSSR count). The van der Waals surface area contributed by atoms with Gasteiger partial charge in [-0.15, -0.1) is 0 Å². The molecule has 0 bridgehead atoms. The normalized spacial score (nSPS) is 15.3. The molecule has 0 saturated heterocycles. The van der Waals surface area contributed by atoms with E-state index in [-0.39, 0.29) is 0 Å². The smallest absolute Gasteiger partial charge is 0.231 e. The highest BCUT2D eigenvalue weighted by atomic mass is 32.2. The number of rotatable bonds is 4. The SMILES string of the molecule is CC(CN)SCc1ccc2c(c1)OCO2. The average molecular weight is 225 g/mol. The van der Waals surface area contributed by atoms with Gasteiger partial charge in [-0.05, 0) is 17.7 Å². The fourth-order valence-electron chi connectivity index (χ4n) is 1.34. The van der Waals surface area contributed by atoms with Crippen LogP contribution in [0.4, 0.5) is 0 Å². The highest BCUT2D eigenvalue weighted by Gasteiger charge is 2.13. The van der Waals surface area contributed by atoms with Crippen LogP contribution in [0.1, 0.15) is 12.5 Å². The van der Waals surface area contributed by atoms with Crippen molar-refractivity contribution in [3.63, 3.8) is 0 Å². The minimum absolute atomic E-state index is 0.338. The number of benzene rings is 1. The molecule has 0 radical (unpaired) electrons. The van der Waals surface area contributed by atoms with Gasteiger partial charge in [-0.3, -0.25) is 0 Å². The van der Waals surface area contributed by atoms with Gasteiger partial charge in [0.1, 0.15) is 0 Å². The van der Waals surface area contributed by atoms with Crippen LogP contribution in [0.2, 0.25) is 0 Å². The van der Waals surface area contributed by atoms with Gasteiger partial charge < -0.3 is 15.2 Å². The summed E-state index contributed by atoms with van der Waals surface area (Å²) >= 11 is 1.85. The topological polar surface area (TPSA) is 44.5 Å². The molecule has 1 aromatic carbocycles. The van der Waals surface area contributed by atoms with Crippen LogP contribution in [-0.4, -0.2) is 18.6 Å². The lowest BCUT2D eigenvalue weighted by Crippen LogP contribution is -2.12. The Labute approximate surface area is 93.9 Å². The van der Waals surface area contributed by atoms with Crippen molar-refractivity contribution in [1.29, 1.82) is 0 Å². The first-order valence-corrected chi connectivity index (χ1v) is 6.04. The second-order valence-electron chi connectivity index (χ2n) is 3.54. The van der Waals surface area contributed by atoms with Gasteiger partial charge in [0.15, 0.2) is 11.5 Å². The third-order valence-electron chi connectivity index (χ3n) is 2.30. The van der Waals surface area contributed by atoms with E-state index < -0.39 is 0 Å². The second-order valence-corrected chi connectivity index (χ2v) is 4.97. The van der Waals surface area contributed by atoms with Crippen LogP contribution in [0.3, 0.4) is 0 Å². The molecule has 0 aromatic heterocycles. The van der Waals surface area contributed by atoms with Crippen molar-refractivity contribution < 1.29 is 9.47 Å². The van der Waals surface area contributed by atoms with Crippen LogP contribution >= 0.6 is 11.8 Å². The molecule has 0 fully saturated rings. The summed E-state index contributed by atoms with van der Waals surface area (Å²) in [5.41, 5.74) is 6.82. The zero-order valence-electron chi connectivity index (χ0n) is 8.73. The minimum atomic E-state index is 0.338. The summed E-state index contributed by atoms with van der Waals surface area (Å²) in [5, 5.41) is 0.496. The van der Waals surface area contributed by atoms with E-state index in [0.717, 1.165) is 23.8 Å². The molecule has 2 N–H and O–H groups in total. The van der Waals surface area contributed by atoms with Gasteiger partial charge in [0.2, 0.25) is 6.79 Å². The molecule has 0 amide bonds. The molecule has 0 spiro atoms. The molecule has 0 aliphatic carbocycles. The standard InChI is InChI=1S/C11H15NO2S/c1-8(5-12)15-6-9-2-3-10-11(4-9)14-7-13-10/h2-4,8H,5-7,12H2,1H3. The van der Waals surface area contributed by atoms with Gasteiger partial charge in [0, 0.05) is 17.5 Å². The van der Waals surface area contributed by atoms with E-state index in [1.54, 1.807) is 0 Å². The predicted octanol–water partition coefficient (Wildman–Crippen LogP) is 2.00. The van der Waals surface area contributed by atoms with Crippen LogP contribution in [-0.2, 0) is 5.75 Å². The summed E-state index contributed by atoms with van der Waals surface area (Å²) in [5.74, 6) is 2.67. The first-order valence-electron chi connectivity index (χ1n) is 5.00. The van der Waals surface area contributed by atoms with Crippen molar-refractivity contribution in [3.05, 3.63) is 23.8 Å². The Balaban J connectivity index is 1.98. The van der Waals surface area contributed by atoms with E-state index in [2.05, 4.69) is 13.0 Å². The molecule has 0 saturated carbocycles. The van der Waals surface area contributed by atoms with E-state index in [0.29, 0.717) is 12.0 Å². The van der Waals surface area contributed by atoms with Crippen LogP contribution in [0.5, 0.6) is 11.5 Å². The average Bonchev–Trinajstić information content (AvgIpc) is 2.72. The van der Waals surface area contributed by atoms with E-state index in [1.165, 1.54) is 5.56 Å². The predicted molar refractivity (Wildman–Crippen MR) is 62.4 cm³/mol. The molecule has 1 heterocycles. The Morgan fingerprint density at radius 3 is 3.00 bits per heavy atom. The van der Waals surface area contributed by atoms with Gasteiger partial charge in [-0.1, -0.05) is 13.0 Å². The Bertz CT molecular complexity index is 343. The van der Waals surface area contributed by atoms with E-state index in [9.17, 15) is 0 Å². The number of thioether (sulfide) groups is 1. The lowest BCUT2D eigenvalue weighted by molar-refractivity contribution is 0.174. The fourth-order valence-corrected chi connectivity index (χ4v) is 2.13. The number of fused-ring (bicyclic) bond motifs is 1. The summed E-state index contributed by atoms with van der Waals surface area (Å²) in [4.78, 5) is 0. The van der Waals surface area contributed by atoms with Gasteiger partial charge in [-0.25, -0.2) is 0 Å². The van der Waals surface area contributed by atoms with E-state index in [4.69, 9.17) is 15.2 Å². The molecule has 3 nitrogen and oxygen atoms in total. The minimum Gasteiger partial charge on any atom is -0.454 e. The molecule has 4 heteroatoms. The van der Waals surface area contributed by atoms with Crippen molar-refractivity contribution >= 4 is 11.8 Å². The number of ether oxygens (including phenoxy) is 2. The van der Waals surface area contributed by atoms with Crippen molar-refractivity contribution in [2.24, 2.45) is 5.73 Å². The summed E-state index contributed by atoms with van der Waals surface area (Å²) in [6.07, 6.45) is 0. The van der Waals surface area contributed by atoms with Crippen molar-refractivity contribution in [2.45, 2.75) is 17.9 Å². The van der Waals surface area contributed by atoms with Gasteiger partial charge >= 0.3 is 0 Å². The highest BCUT2D eigenvalue weighted by Crippen LogP contribution is 2.33. The molecule has 1 aliphatic heterocycles. The van der Waals surface area contributed by atoms with Crippen LogP contribution < -0.4 is 15.2 Å². The monoisotopic (exact) mass is 225 g/mol. The van der Waals surface area contributed by atoms with Gasteiger partial charge in [0.05, 0.1) is 0 Å². The molecule has 1 unspecified atom stereocenters. The molecule has 1 atom stereocenters. The van der Waals surface area contributed by atoms with Crippen LogP contribution in [0, 0.1) is 0 Å². The van der Waals surface area contributed by atoms with E-state index >= 15 is 0 Å². The number of hydrogen-bond donors (Lipinski definition) is 1. The first-order chi connectivity index (χ1) is 7.29. The lowest BCUT2D eigenvalue weighted by atomic mass is 10.2. The zero-order valence-corrected chi connectivity index (χ0v) is 9.55. The van der Waals surface area contributed by atoms with Crippen molar-refractivity contribution in [2.75, 3.05) is 13.3 Å². The Morgan fingerprint density at radius 1 is 1.40 bits per heavy atom. The van der Waals surface area contributed by atoms with Crippen LogP contribution in [0.25, 0.3) is 0 Å². The Hall–Kier alpha value is -0.870. The third-order valence-corrected chi connectivity index (χ3v) is 3.56. The molecule has 1 aromatic rings. The molecular weight excluding hydrogens is 210 g/mol. The lowest BCUT2D eigenvalue weighted by Gasteiger charge is -2.08. The van der Waals surface area contributed by atoms with Crippen molar-refractivity contribution in [3.8, 4) is 11.5 Å². The quantitative estimate of drug-likeness (QED) is 0.851. The second kappa shape index (κ2) is 4.77. The number of nitrogens with two attached hydrogens (primary N) is 1. The summed E-state index contributed by atoms with van der Waals surface area (Å²) in [6.45, 7) is 3.19. The van der Waals surface area contributed by atoms with Gasteiger partial charge in [-0.2, -0.15) is 11.8 Å². The van der Waals surface area contributed by atoms with Gasteiger partial charge in [0.25, 0.3) is 0 Å². The maximum atomic E-state index is 5.56. The maximum absolute atomic E-state index is 5.56. The Kier molecular flexibility index (Phi) is 3.38. The molecule has 82 valence electrons. The molecule has 15 heavy (non-hydrogen) atoms.